The van der Waals surface area contributed by atoms with Crippen molar-refractivity contribution >= 4 is 15.9 Å². The molecule has 0 radical (unpaired) electrons. The van der Waals surface area contributed by atoms with Gasteiger partial charge in [0, 0.05) is 6.42 Å². The Bertz CT molecular complexity index is 373. The first kappa shape index (κ1) is 10.9. The summed E-state index contributed by atoms with van der Waals surface area (Å²) in [6, 6.07) is 2.90. The summed E-state index contributed by atoms with van der Waals surface area (Å²) in [6.07, 6.45) is 0.689. The number of benzene rings is 1. The summed E-state index contributed by atoms with van der Waals surface area (Å²) in [5.41, 5.74) is 3.29. The van der Waals surface area contributed by atoms with E-state index in [1.54, 1.807) is 6.07 Å². The second-order valence-electron chi connectivity index (χ2n) is 3.28. The molecule has 0 saturated carbocycles. The van der Waals surface area contributed by atoms with Gasteiger partial charge in [0.25, 0.3) is 0 Å². The number of nitrogens with one attached hydrogen (secondary N) is 1. The molecule has 15 heavy (non-hydrogen) atoms. The molecule has 1 aromatic carbocycles. The topological polar surface area (TPSA) is 30.5 Å². The Labute approximate surface area is 95.6 Å². The summed E-state index contributed by atoms with van der Waals surface area (Å²) in [7, 11) is 1.52. The lowest BCUT2D eigenvalue weighted by atomic mass is 10.0. The predicted octanol–water partition coefficient (Wildman–Crippen LogP) is 2.56. The highest BCUT2D eigenvalue weighted by Crippen LogP contribution is 2.39. The Balaban J connectivity index is 2.45. The first-order chi connectivity index (χ1) is 7.24. The van der Waals surface area contributed by atoms with E-state index in [1.807, 2.05) is 0 Å². The molecule has 1 N–H and O–H groups in total. The van der Waals surface area contributed by atoms with Crippen LogP contribution in [0.4, 0.5) is 4.39 Å². The van der Waals surface area contributed by atoms with Gasteiger partial charge in [-0.2, -0.15) is 5.48 Å². The average molecular weight is 276 g/mol. The largest absolute Gasteiger partial charge is 0.492 e. The number of ether oxygens (including phenoxy) is 1. The molecule has 0 fully saturated rings. The summed E-state index contributed by atoms with van der Waals surface area (Å²) in [5, 5.41) is 0. The van der Waals surface area contributed by atoms with Crippen LogP contribution >= 0.6 is 15.9 Å². The smallest absolute Gasteiger partial charge is 0.141 e. The second kappa shape index (κ2) is 4.47. The normalized spacial score (nSPS) is 19.5. The fourth-order valence-corrected chi connectivity index (χ4v) is 2.16. The van der Waals surface area contributed by atoms with E-state index in [1.165, 1.54) is 13.2 Å². The van der Waals surface area contributed by atoms with Gasteiger partial charge in [0.2, 0.25) is 0 Å². The van der Waals surface area contributed by atoms with Crippen LogP contribution in [0.2, 0.25) is 0 Å². The van der Waals surface area contributed by atoms with Gasteiger partial charge in [-0.1, -0.05) is 0 Å². The lowest BCUT2D eigenvalue weighted by Crippen LogP contribution is -2.27. The highest BCUT2D eigenvalue weighted by atomic mass is 79.9. The van der Waals surface area contributed by atoms with Crippen molar-refractivity contribution in [1.82, 2.24) is 5.48 Å². The van der Waals surface area contributed by atoms with Crippen molar-refractivity contribution in [1.29, 1.82) is 0 Å². The minimum Gasteiger partial charge on any atom is -0.492 e. The van der Waals surface area contributed by atoms with Crippen molar-refractivity contribution in [2.45, 2.75) is 12.5 Å². The summed E-state index contributed by atoms with van der Waals surface area (Å²) < 4.78 is 19.8. The SMILES string of the molecule is CONC1CCOc2c(Br)ccc(F)c21. The fourth-order valence-electron chi connectivity index (χ4n) is 1.70. The van der Waals surface area contributed by atoms with Gasteiger partial charge >= 0.3 is 0 Å². The standard InChI is InChI=1S/C10H11BrFNO2/c1-14-13-8-4-5-15-10-6(11)2-3-7(12)9(8)10/h2-3,8,13H,4-5H2,1H3. The average Bonchev–Trinajstić information content (AvgIpc) is 2.24. The van der Waals surface area contributed by atoms with Crippen LogP contribution in [-0.2, 0) is 4.84 Å². The molecule has 0 spiro atoms. The predicted molar refractivity (Wildman–Crippen MR) is 57.1 cm³/mol. The lowest BCUT2D eigenvalue weighted by molar-refractivity contribution is 0.0447. The number of hydrogen-bond donors (Lipinski definition) is 1. The first-order valence-corrected chi connectivity index (χ1v) is 5.42. The molecule has 1 atom stereocenters. The van der Waals surface area contributed by atoms with Gasteiger partial charge in [-0.3, -0.25) is 0 Å². The molecule has 0 bridgehead atoms. The third-order valence-electron chi connectivity index (χ3n) is 2.36. The molecule has 0 amide bonds. The van der Waals surface area contributed by atoms with Crippen LogP contribution in [0.1, 0.15) is 18.0 Å². The third-order valence-corrected chi connectivity index (χ3v) is 2.98. The van der Waals surface area contributed by atoms with Gasteiger partial charge < -0.3 is 9.57 Å². The lowest BCUT2D eigenvalue weighted by Gasteiger charge is -2.26. The van der Waals surface area contributed by atoms with Crippen LogP contribution < -0.4 is 10.2 Å². The van der Waals surface area contributed by atoms with Crippen LogP contribution in [0.25, 0.3) is 0 Å². The van der Waals surface area contributed by atoms with E-state index >= 15 is 0 Å². The van der Waals surface area contributed by atoms with Gasteiger partial charge in [0.1, 0.15) is 11.6 Å². The molecular formula is C10H11BrFNO2. The van der Waals surface area contributed by atoms with Gasteiger partial charge in [0.05, 0.1) is 29.8 Å². The zero-order valence-corrected chi connectivity index (χ0v) is 9.80. The van der Waals surface area contributed by atoms with E-state index in [-0.39, 0.29) is 11.9 Å². The molecule has 2 rings (SSSR count). The number of hydroxylamine groups is 1. The maximum Gasteiger partial charge on any atom is 0.141 e. The Hall–Kier alpha value is -0.650. The molecule has 0 aliphatic carbocycles. The molecule has 1 aliphatic rings. The highest BCUT2D eigenvalue weighted by molar-refractivity contribution is 9.10. The molecule has 1 aromatic rings. The van der Waals surface area contributed by atoms with Crippen LogP contribution in [0.15, 0.2) is 16.6 Å². The summed E-state index contributed by atoms with van der Waals surface area (Å²) in [4.78, 5) is 4.85. The fraction of sp³-hybridized carbons (Fsp3) is 0.400. The van der Waals surface area contributed by atoms with Crippen molar-refractivity contribution in [3.63, 3.8) is 0 Å². The van der Waals surface area contributed by atoms with Crippen molar-refractivity contribution in [3.8, 4) is 5.75 Å². The Morgan fingerprint density at radius 1 is 1.60 bits per heavy atom. The number of hydrogen-bond acceptors (Lipinski definition) is 3. The quantitative estimate of drug-likeness (QED) is 0.842. The van der Waals surface area contributed by atoms with E-state index in [9.17, 15) is 4.39 Å². The van der Waals surface area contributed by atoms with Crippen molar-refractivity contribution in [3.05, 3.63) is 28.0 Å². The summed E-state index contributed by atoms with van der Waals surface area (Å²) in [5.74, 6) is 0.290. The minimum absolute atomic E-state index is 0.156. The van der Waals surface area contributed by atoms with E-state index < -0.39 is 0 Å². The van der Waals surface area contributed by atoms with Gasteiger partial charge in [0.15, 0.2) is 0 Å². The summed E-state index contributed by atoms with van der Waals surface area (Å²) in [6.45, 7) is 0.552. The van der Waals surface area contributed by atoms with E-state index in [0.717, 1.165) is 4.47 Å². The Morgan fingerprint density at radius 2 is 2.40 bits per heavy atom. The second-order valence-corrected chi connectivity index (χ2v) is 4.14. The summed E-state index contributed by atoms with van der Waals surface area (Å²) >= 11 is 3.33. The first-order valence-electron chi connectivity index (χ1n) is 4.63. The molecule has 1 aliphatic heterocycles. The van der Waals surface area contributed by atoms with E-state index in [4.69, 9.17) is 9.57 Å². The van der Waals surface area contributed by atoms with E-state index in [2.05, 4.69) is 21.4 Å². The maximum absolute atomic E-state index is 13.6. The zero-order chi connectivity index (χ0) is 10.8. The van der Waals surface area contributed by atoms with Crippen molar-refractivity contribution < 1.29 is 14.0 Å². The number of fused-ring (bicyclic) bond motifs is 1. The minimum atomic E-state index is -0.276. The van der Waals surface area contributed by atoms with Gasteiger partial charge in [-0.05, 0) is 28.1 Å². The van der Waals surface area contributed by atoms with Crippen molar-refractivity contribution in [2.24, 2.45) is 0 Å². The van der Waals surface area contributed by atoms with Gasteiger partial charge in [-0.25, -0.2) is 4.39 Å². The molecule has 5 heteroatoms. The highest BCUT2D eigenvalue weighted by Gasteiger charge is 2.26. The van der Waals surface area contributed by atoms with E-state index in [0.29, 0.717) is 24.3 Å². The Kier molecular flexibility index (Phi) is 3.23. The third kappa shape index (κ3) is 2.00. The molecule has 1 heterocycles. The van der Waals surface area contributed by atoms with Crippen LogP contribution in [0.5, 0.6) is 5.75 Å². The maximum atomic E-state index is 13.6. The van der Waals surface area contributed by atoms with Crippen LogP contribution in [0, 0.1) is 5.82 Å². The monoisotopic (exact) mass is 275 g/mol. The molecule has 82 valence electrons. The zero-order valence-electron chi connectivity index (χ0n) is 8.22. The number of halogens is 2. The molecule has 0 aromatic heterocycles. The number of rotatable bonds is 2. The molecule has 0 saturated heterocycles. The molecular weight excluding hydrogens is 265 g/mol. The van der Waals surface area contributed by atoms with Crippen molar-refractivity contribution in [2.75, 3.05) is 13.7 Å². The molecule has 3 nitrogen and oxygen atoms in total. The van der Waals surface area contributed by atoms with Gasteiger partial charge in [-0.15, -0.1) is 0 Å². The van der Waals surface area contributed by atoms with Crippen LogP contribution in [-0.4, -0.2) is 13.7 Å². The molecule has 1 unspecified atom stereocenters. The Morgan fingerprint density at radius 3 is 3.13 bits per heavy atom. The van der Waals surface area contributed by atoms with Crippen LogP contribution in [0.3, 0.4) is 0 Å².